The third kappa shape index (κ3) is 5.80. The van der Waals surface area contributed by atoms with E-state index in [-0.39, 0.29) is 18.0 Å². The topological polar surface area (TPSA) is 96.0 Å². The molecule has 1 unspecified atom stereocenters. The molecule has 3 N–H and O–H groups in total. The predicted octanol–water partition coefficient (Wildman–Crippen LogP) is 5.28. The summed E-state index contributed by atoms with van der Waals surface area (Å²) in [6.45, 7) is 1.89. The standard InChI is InChI=1S/C26H23N5O2/c1-18(29-25(32)21-16-27-24(28-17-21)20-8-4-2-5-9-20)19-12-14-23(15-13-19)31-26(33)30-22-10-6-3-7-11-22/h2-18H,1H3,(H,29,32)(H2,30,31,33). The number of hydrogen-bond acceptors (Lipinski definition) is 4. The minimum atomic E-state index is -0.325. The van der Waals surface area contributed by atoms with Crippen molar-refractivity contribution in [2.45, 2.75) is 13.0 Å². The van der Waals surface area contributed by atoms with E-state index >= 15 is 0 Å². The summed E-state index contributed by atoms with van der Waals surface area (Å²) in [6.07, 6.45) is 3.05. The van der Waals surface area contributed by atoms with Gasteiger partial charge in [0.15, 0.2) is 5.82 Å². The number of carbonyl (C=O) groups excluding carboxylic acids is 2. The molecule has 3 aromatic carbocycles. The van der Waals surface area contributed by atoms with Crippen LogP contribution in [0, 0.1) is 0 Å². The average molecular weight is 438 g/mol. The molecule has 1 heterocycles. The summed E-state index contributed by atoms with van der Waals surface area (Å²) in [5, 5.41) is 8.50. The number of para-hydroxylation sites is 1. The normalized spacial score (nSPS) is 11.3. The highest BCUT2D eigenvalue weighted by Gasteiger charge is 2.13. The summed E-state index contributed by atoms with van der Waals surface area (Å²) in [5.74, 6) is 0.311. The Kier molecular flexibility index (Phi) is 6.70. The summed E-state index contributed by atoms with van der Waals surface area (Å²) >= 11 is 0. The van der Waals surface area contributed by atoms with Gasteiger partial charge in [-0.1, -0.05) is 60.7 Å². The number of amides is 3. The number of hydrogen-bond donors (Lipinski definition) is 3. The maximum atomic E-state index is 12.6. The molecule has 0 radical (unpaired) electrons. The van der Waals surface area contributed by atoms with E-state index in [0.717, 1.165) is 11.1 Å². The van der Waals surface area contributed by atoms with Crippen LogP contribution < -0.4 is 16.0 Å². The van der Waals surface area contributed by atoms with Crippen LogP contribution in [0.2, 0.25) is 0 Å². The van der Waals surface area contributed by atoms with Crippen LogP contribution in [0.5, 0.6) is 0 Å². The molecule has 0 aliphatic rings. The molecule has 0 saturated carbocycles. The van der Waals surface area contributed by atoms with E-state index in [2.05, 4.69) is 25.9 Å². The number of rotatable bonds is 6. The summed E-state index contributed by atoms with van der Waals surface area (Å²) in [5.41, 5.74) is 3.54. The maximum absolute atomic E-state index is 12.6. The lowest BCUT2D eigenvalue weighted by Gasteiger charge is -2.15. The Balaban J connectivity index is 1.33. The van der Waals surface area contributed by atoms with Crippen molar-refractivity contribution in [3.05, 3.63) is 108 Å². The minimum absolute atomic E-state index is 0.238. The highest BCUT2D eigenvalue weighted by atomic mass is 16.2. The number of nitrogens with zero attached hydrogens (tertiary/aromatic N) is 2. The van der Waals surface area contributed by atoms with Gasteiger partial charge in [-0.3, -0.25) is 4.79 Å². The number of urea groups is 1. The van der Waals surface area contributed by atoms with Gasteiger partial charge < -0.3 is 16.0 Å². The Bertz CT molecular complexity index is 1210. The van der Waals surface area contributed by atoms with Gasteiger partial charge in [0.1, 0.15) is 0 Å². The largest absolute Gasteiger partial charge is 0.345 e. The lowest BCUT2D eigenvalue weighted by atomic mass is 10.1. The zero-order valence-corrected chi connectivity index (χ0v) is 18.0. The van der Waals surface area contributed by atoms with Crippen LogP contribution in [0.4, 0.5) is 16.2 Å². The number of benzene rings is 3. The van der Waals surface area contributed by atoms with Crippen LogP contribution in [0.25, 0.3) is 11.4 Å². The highest BCUT2D eigenvalue weighted by molar-refractivity contribution is 5.99. The monoisotopic (exact) mass is 437 g/mol. The van der Waals surface area contributed by atoms with E-state index in [0.29, 0.717) is 22.8 Å². The lowest BCUT2D eigenvalue weighted by Crippen LogP contribution is -2.27. The summed E-state index contributed by atoms with van der Waals surface area (Å²) < 4.78 is 0. The van der Waals surface area contributed by atoms with Crippen LogP contribution in [-0.2, 0) is 0 Å². The van der Waals surface area contributed by atoms with Gasteiger partial charge in [-0.15, -0.1) is 0 Å². The molecule has 0 bridgehead atoms. The molecule has 7 heteroatoms. The van der Waals surface area contributed by atoms with Crippen molar-refractivity contribution in [2.24, 2.45) is 0 Å². The van der Waals surface area contributed by atoms with Crippen LogP contribution in [0.15, 0.2) is 97.3 Å². The van der Waals surface area contributed by atoms with Crippen LogP contribution in [-0.4, -0.2) is 21.9 Å². The van der Waals surface area contributed by atoms with E-state index in [1.54, 1.807) is 12.1 Å². The summed E-state index contributed by atoms with van der Waals surface area (Å²) in [4.78, 5) is 33.3. The zero-order chi connectivity index (χ0) is 23.0. The summed E-state index contributed by atoms with van der Waals surface area (Å²) in [6, 6.07) is 25.5. The molecule has 3 amide bonds. The van der Waals surface area contributed by atoms with Gasteiger partial charge in [0.05, 0.1) is 11.6 Å². The number of carbonyl (C=O) groups is 2. The molecule has 164 valence electrons. The molecule has 4 aromatic rings. The van der Waals surface area contributed by atoms with Crippen molar-refractivity contribution in [2.75, 3.05) is 10.6 Å². The third-order valence-electron chi connectivity index (χ3n) is 4.99. The van der Waals surface area contributed by atoms with Crippen LogP contribution in [0.1, 0.15) is 28.9 Å². The second kappa shape index (κ2) is 10.2. The minimum Gasteiger partial charge on any atom is -0.345 e. The Morgan fingerprint density at radius 2 is 1.27 bits per heavy atom. The lowest BCUT2D eigenvalue weighted by molar-refractivity contribution is 0.0939. The van der Waals surface area contributed by atoms with Crippen molar-refractivity contribution >= 4 is 23.3 Å². The van der Waals surface area contributed by atoms with Gasteiger partial charge in [-0.25, -0.2) is 14.8 Å². The van der Waals surface area contributed by atoms with E-state index in [1.165, 1.54) is 12.4 Å². The molecule has 0 spiro atoms. The molecule has 0 saturated heterocycles. The first-order valence-corrected chi connectivity index (χ1v) is 10.5. The zero-order valence-electron chi connectivity index (χ0n) is 18.0. The van der Waals surface area contributed by atoms with Crippen molar-refractivity contribution in [3.63, 3.8) is 0 Å². The first-order chi connectivity index (χ1) is 16.1. The maximum Gasteiger partial charge on any atom is 0.323 e. The van der Waals surface area contributed by atoms with Gasteiger partial charge >= 0.3 is 6.03 Å². The van der Waals surface area contributed by atoms with E-state index in [9.17, 15) is 9.59 Å². The van der Waals surface area contributed by atoms with Gasteiger partial charge in [-0.05, 0) is 36.8 Å². The van der Waals surface area contributed by atoms with Gasteiger partial charge in [-0.2, -0.15) is 0 Å². The van der Waals surface area contributed by atoms with Crippen molar-refractivity contribution < 1.29 is 9.59 Å². The van der Waals surface area contributed by atoms with Crippen LogP contribution >= 0.6 is 0 Å². The Morgan fingerprint density at radius 3 is 1.88 bits per heavy atom. The fraction of sp³-hybridized carbons (Fsp3) is 0.0769. The molecular formula is C26H23N5O2. The number of nitrogens with one attached hydrogen (secondary N) is 3. The van der Waals surface area contributed by atoms with E-state index in [4.69, 9.17) is 0 Å². The molecule has 7 nitrogen and oxygen atoms in total. The Hall–Kier alpha value is -4.52. The summed E-state index contributed by atoms with van der Waals surface area (Å²) in [7, 11) is 0. The highest BCUT2D eigenvalue weighted by Crippen LogP contribution is 2.18. The fourth-order valence-electron chi connectivity index (χ4n) is 3.21. The second-order valence-electron chi connectivity index (χ2n) is 7.42. The van der Waals surface area contributed by atoms with Crippen molar-refractivity contribution in [1.82, 2.24) is 15.3 Å². The first-order valence-electron chi connectivity index (χ1n) is 10.5. The smallest absolute Gasteiger partial charge is 0.323 e. The van der Waals surface area contributed by atoms with E-state index in [1.807, 2.05) is 79.7 Å². The number of aromatic nitrogens is 2. The molecular weight excluding hydrogens is 414 g/mol. The molecule has 33 heavy (non-hydrogen) atoms. The predicted molar refractivity (Wildman–Crippen MR) is 129 cm³/mol. The average Bonchev–Trinajstić information content (AvgIpc) is 2.85. The third-order valence-corrected chi connectivity index (χ3v) is 4.99. The molecule has 1 aromatic heterocycles. The molecule has 1 atom stereocenters. The molecule has 0 aliphatic carbocycles. The first kappa shape index (κ1) is 21.7. The molecule has 4 rings (SSSR count). The molecule has 0 aliphatic heterocycles. The van der Waals surface area contributed by atoms with E-state index < -0.39 is 0 Å². The van der Waals surface area contributed by atoms with Gasteiger partial charge in [0.25, 0.3) is 5.91 Å². The fourth-order valence-corrected chi connectivity index (χ4v) is 3.21. The Morgan fingerprint density at radius 1 is 0.727 bits per heavy atom. The Labute approximate surface area is 191 Å². The van der Waals surface area contributed by atoms with Gasteiger partial charge in [0, 0.05) is 29.3 Å². The van der Waals surface area contributed by atoms with Crippen LogP contribution in [0.3, 0.4) is 0 Å². The SMILES string of the molecule is CC(NC(=O)c1cnc(-c2ccccc2)nc1)c1ccc(NC(=O)Nc2ccccc2)cc1. The molecule has 0 fully saturated rings. The van der Waals surface area contributed by atoms with Gasteiger partial charge in [0.2, 0.25) is 0 Å². The quantitative estimate of drug-likeness (QED) is 0.382. The van der Waals surface area contributed by atoms with Crippen molar-refractivity contribution in [3.8, 4) is 11.4 Å². The second-order valence-corrected chi connectivity index (χ2v) is 7.42. The number of anilines is 2. The van der Waals surface area contributed by atoms with Crippen molar-refractivity contribution in [1.29, 1.82) is 0 Å².